The number of benzene rings is 1. The van der Waals surface area contributed by atoms with Crippen molar-refractivity contribution in [2.24, 2.45) is 0 Å². The zero-order valence-electron chi connectivity index (χ0n) is 14.5. The number of furan rings is 1. The molecule has 5 nitrogen and oxygen atoms in total. The van der Waals surface area contributed by atoms with Crippen molar-refractivity contribution in [3.8, 4) is 0 Å². The molecule has 5 heteroatoms. The summed E-state index contributed by atoms with van der Waals surface area (Å²) in [6.07, 6.45) is 1.12. The van der Waals surface area contributed by atoms with E-state index >= 15 is 0 Å². The summed E-state index contributed by atoms with van der Waals surface area (Å²) in [4.78, 5) is 23.4. The SMILES string of the molecule is CCc1oc(C(=O)NC(C)Cc2ccc(C)cc2C)cc1C(=O)O. The molecule has 1 aromatic carbocycles. The highest BCUT2D eigenvalue weighted by Crippen LogP contribution is 2.17. The molecule has 0 saturated heterocycles. The number of amides is 1. The minimum absolute atomic E-state index is 0.0386. The van der Waals surface area contributed by atoms with Gasteiger partial charge in [-0.15, -0.1) is 0 Å². The molecule has 0 aliphatic carbocycles. The molecule has 2 rings (SSSR count). The lowest BCUT2D eigenvalue weighted by Gasteiger charge is -2.15. The molecule has 1 heterocycles. The average Bonchev–Trinajstić information content (AvgIpc) is 2.94. The Kier molecular flexibility index (Phi) is 5.44. The summed E-state index contributed by atoms with van der Waals surface area (Å²) in [6, 6.07) is 7.43. The fraction of sp³-hybridized carbons (Fsp3) is 0.368. The van der Waals surface area contributed by atoms with E-state index in [1.54, 1.807) is 6.92 Å². The number of rotatable bonds is 6. The molecule has 1 unspecified atom stereocenters. The summed E-state index contributed by atoms with van der Waals surface area (Å²) in [5.41, 5.74) is 3.62. The van der Waals surface area contributed by atoms with E-state index in [0.717, 1.165) is 0 Å². The smallest absolute Gasteiger partial charge is 0.339 e. The largest absolute Gasteiger partial charge is 0.478 e. The number of aromatic carboxylic acids is 1. The van der Waals surface area contributed by atoms with E-state index in [1.165, 1.54) is 22.8 Å². The van der Waals surface area contributed by atoms with Crippen LogP contribution in [0.3, 0.4) is 0 Å². The molecule has 128 valence electrons. The van der Waals surface area contributed by atoms with Gasteiger partial charge in [0.1, 0.15) is 11.3 Å². The van der Waals surface area contributed by atoms with Crippen molar-refractivity contribution in [1.29, 1.82) is 0 Å². The Morgan fingerprint density at radius 3 is 2.50 bits per heavy atom. The van der Waals surface area contributed by atoms with E-state index in [-0.39, 0.29) is 17.4 Å². The molecule has 0 aliphatic heterocycles. The Morgan fingerprint density at radius 1 is 1.25 bits per heavy atom. The predicted octanol–water partition coefficient (Wildman–Crippen LogP) is 3.52. The maximum Gasteiger partial charge on any atom is 0.339 e. The van der Waals surface area contributed by atoms with Crippen molar-refractivity contribution in [2.45, 2.75) is 46.6 Å². The molecule has 0 fully saturated rings. The Bertz CT molecular complexity index is 761. The van der Waals surface area contributed by atoms with Gasteiger partial charge in [0, 0.05) is 18.5 Å². The third-order valence-electron chi connectivity index (χ3n) is 3.99. The van der Waals surface area contributed by atoms with Crippen LogP contribution in [0.2, 0.25) is 0 Å². The van der Waals surface area contributed by atoms with Gasteiger partial charge in [-0.3, -0.25) is 4.79 Å². The zero-order chi connectivity index (χ0) is 17.9. The van der Waals surface area contributed by atoms with Crippen LogP contribution in [0, 0.1) is 13.8 Å². The van der Waals surface area contributed by atoms with Crippen LogP contribution < -0.4 is 5.32 Å². The summed E-state index contributed by atoms with van der Waals surface area (Å²) >= 11 is 0. The van der Waals surface area contributed by atoms with Crippen LogP contribution in [0.5, 0.6) is 0 Å². The van der Waals surface area contributed by atoms with Gasteiger partial charge in [0.2, 0.25) is 0 Å². The zero-order valence-corrected chi connectivity index (χ0v) is 14.5. The number of aryl methyl sites for hydroxylation is 3. The fourth-order valence-electron chi connectivity index (χ4n) is 2.73. The van der Waals surface area contributed by atoms with Crippen LogP contribution in [0.4, 0.5) is 0 Å². The molecule has 2 N–H and O–H groups in total. The highest BCUT2D eigenvalue weighted by Gasteiger charge is 2.21. The van der Waals surface area contributed by atoms with Gasteiger partial charge in [-0.05, 0) is 38.3 Å². The molecule has 1 amide bonds. The van der Waals surface area contributed by atoms with E-state index < -0.39 is 11.9 Å². The first-order valence-electron chi connectivity index (χ1n) is 8.04. The number of nitrogens with one attached hydrogen (secondary N) is 1. The summed E-state index contributed by atoms with van der Waals surface area (Å²) < 4.78 is 5.38. The van der Waals surface area contributed by atoms with Crippen LogP contribution >= 0.6 is 0 Å². The Hall–Kier alpha value is -2.56. The second kappa shape index (κ2) is 7.34. The average molecular weight is 329 g/mol. The van der Waals surface area contributed by atoms with Gasteiger partial charge in [-0.25, -0.2) is 4.79 Å². The van der Waals surface area contributed by atoms with E-state index in [9.17, 15) is 9.59 Å². The summed E-state index contributed by atoms with van der Waals surface area (Å²) in [5.74, 6) is -1.13. The lowest BCUT2D eigenvalue weighted by Crippen LogP contribution is -2.34. The van der Waals surface area contributed by atoms with Gasteiger partial charge in [-0.2, -0.15) is 0 Å². The van der Waals surface area contributed by atoms with Crippen LogP contribution in [-0.4, -0.2) is 23.0 Å². The lowest BCUT2D eigenvalue weighted by molar-refractivity contribution is 0.0694. The number of carbonyl (C=O) groups is 2. The third kappa shape index (κ3) is 4.04. The fourth-order valence-corrected chi connectivity index (χ4v) is 2.73. The van der Waals surface area contributed by atoms with Gasteiger partial charge in [0.05, 0.1) is 0 Å². The van der Waals surface area contributed by atoms with Crippen molar-refractivity contribution < 1.29 is 19.1 Å². The topological polar surface area (TPSA) is 79.5 Å². The molecular weight excluding hydrogens is 306 g/mol. The number of hydrogen-bond donors (Lipinski definition) is 2. The molecule has 0 saturated carbocycles. The summed E-state index contributed by atoms with van der Waals surface area (Å²) in [7, 11) is 0. The first-order valence-corrected chi connectivity index (χ1v) is 8.04. The van der Waals surface area contributed by atoms with Gasteiger partial charge in [-0.1, -0.05) is 30.7 Å². The first-order chi connectivity index (χ1) is 11.3. The normalized spacial score (nSPS) is 12.0. The van der Waals surface area contributed by atoms with Crippen molar-refractivity contribution in [2.75, 3.05) is 0 Å². The Morgan fingerprint density at radius 2 is 1.96 bits per heavy atom. The van der Waals surface area contributed by atoms with E-state index in [0.29, 0.717) is 18.6 Å². The highest BCUT2D eigenvalue weighted by atomic mass is 16.4. The number of carbonyl (C=O) groups excluding carboxylic acids is 1. The Labute approximate surface area is 141 Å². The van der Waals surface area contributed by atoms with E-state index in [1.807, 2.05) is 13.8 Å². The molecule has 24 heavy (non-hydrogen) atoms. The first kappa shape index (κ1) is 17.8. The molecule has 0 spiro atoms. The van der Waals surface area contributed by atoms with Gasteiger partial charge in [0.25, 0.3) is 5.91 Å². The molecule has 0 radical (unpaired) electrons. The van der Waals surface area contributed by atoms with Crippen molar-refractivity contribution >= 4 is 11.9 Å². The van der Waals surface area contributed by atoms with Crippen LogP contribution in [-0.2, 0) is 12.8 Å². The molecule has 2 aromatic rings. The maximum absolute atomic E-state index is 12.3. The highest BCUT2D eigenvalue weighted by molar-refractivity contribution is 5.96. The predicted molar refractivity (Wildman–Crippen MR) is 91.6 cm³/mol. The van der Waals surface area contributed by atoms with Crippen molar-refractivity contribution in [1.82, 2.24) is 5.32 Å². The van der Waals surface area contributed by atoms with Gasteiger partial charge >= 0.3 is 5.97 Å². The minimum atomic E-state index is -1.09. The minimum Gasteiger partial charge on any atom is -0.478 e. The van der Waals surface area contributed by atoms with Crippen LogP contribution in [0.15, 0.2) is 28.7 Å². The maximum atomic E-state index is 12.3. The lowest BCUT2D eigenvalue weighted by atomic mass is 10.00. The van der Waals surface area contributed by atoms with Crippen LogP contribution in [0.1, 0.15) is 57.2 Å². The number of carboxylic acid groups (broad SMARTS) is 1. The Balaban J connectivity index is 2.07. The molecular formula is C19H23NO4. The number of hydrogen-bond acceptors (Lipinski definition) is 3. The molecule has 0 bridgehead atoms. The van der Waals surface area contributed by atoms with Crippen molar-refractivity contribution in [3.63, 3.8) is 0 Å². The second-order valence-electron chi connectivity index (χ2n) is 6.11. The summed E-state index contributed by atoms with van der Waals surface area (Å²) in [6.45, 7) is 7.80. The van der Waals surface area contributed by atoms with Crippen LogP contribution in [0.25, 0.3) is 0 Å². The third-order valence-corrected chi connectivity index (χ3v) is 3.99. The second-order valence-corrected chi connectivity index (χ2v) is 6.11. The quantitative estimate of drug-likeness (QED) is 0.850. The monoisotopic (exact) mass is 329 g/mol. The van der Waals surface area contributed by atoms with E-state index in [4.69, 9.17) is 9.52 Å². The van der Waals surface area contributed by atoms with E-state index in [2.05, 4.69) is 30.4 Å². The van der Waals surface area contributed by atoms with Gasteiger partial charge < -0.3 is 14.8 Å². The molecule has 1 aromatic heterocycles. The van der Waals surface area contributed by atoms with Gasteiger partial charge in [0.15, 0.2) is 5.76 Å². The standard InChI is InChI=1S/C19H23NO4/c1-5-16-15(19(22)23)10-17(24-16)18(21)20-13(4)9-14-7-6-11(2)8-12(14)3/h6-8,10,13H,5,9H2,1-4H3,(H,20,21)(H,22,23). The number of carboxylic acids is 1. The molecule has 1 atom stereocenters. The van der Waals surface area contributed by atoms with Crippen molar-refractivity contribution in [3.05, 3.63) is 58.0 Å². The molecule has 0 aliphatic rings. The summed E-state index contributed by atoms with van der Waals surface area (Å²) in [5, 5.41) is 12.0.